The second-order valence-electron chi connectivity index (χ2n) is 12.8. The van der Waals surface area contributed by atoms with Crippen LogP contribution in [0.4, 0.5) is 30.7 Å². The Morgan fingerprint density at radius 3 is 2.27 bits per heavy atom. The van der Waals surface area contributed by atoms with Crippen molar-refractivity contribution in [1.29, 1.82) is 0 Å². The monoisotopic (exact) mass is 542 g/mol. The van der Waals surface area contributed by atoms with Gasteiger partial charge < -0.3 is 5.11 Å². The topological polar surface area (TPSA) is 37.3 Å². The van der Waals surface area contributed by atoms with Crippen LogP contribution in [0, 0.1) is 40.4 Å². The van der Waals surface area contributed by atoms with E-state index in [2.05, 4.69) is 13.8 Å². The minimum absolute atomic E-state index is 0.0132. The van der Waals surface area contributed by atoms with Gasteiger partial charge in [0.25, 0.3) is 5.67 Å². The van der Waals surface area contributed by atoms with E-state index < -0.39 is 42.2 Å². The minimum atomic E-state index is -6.17. The maximum atomic E-state index is 14.3. The fourth-order valence-corrected chi connectivity index (χ4v) is 8.59. The number of carbonyl (C=O) groups is 1. The Kier molecular flexibility index (Phi) is 6.84. The van der Waals surface area contributed by atoms with Gasteiger partial charge in [0.1, 0.15) is 0 Å². The van der Waals surface area contributed by atoms with Crippen molar-refractivity contribution in [2.75, 3.05) is 0 Å². The number of allylic oxidation sites excluding steroid dienone is 2. The normalized spacial score (nSPS) is 41.0. The summed E-state index contributed by atoms with van der Waals surface area (Å²) in [5.74, 6) is -0.161. The molecule has 1 N–H and O–H groups in total. The first kappa shape index (κ1) is 27.4. The summed E-state index contributed by atoms with van der Waals surface area (Å²) in [6.45, 7) is 8.02. The molecule has 0 spiro atoms. The Labute approximate surface area is 215 Å². The molecule has 0 aliphatic heterocycles. The molecule has 3 fully saturated rings. The maximum Gasteiger partial charge on any atom is 0.431 e. The minimum Gasteiger partial charge on any atom is -0.393 e. The molecule has 37 heavy (non-hydrogen) atoms. The van der Waals surface area contributed by atoms with E-state index in [0.29, 0.717) is 12.3 Å². The van der Waals surface area contributed by atoms with E-state index in [9.17, 15) is 40.6 Å². The molecule has 9 heteroatoms. The molecule has 0 bridgehead atoms. The molecule has 0 aromatic heterocycles. The van der Waals surface area contributed by atoms with Gasteiger partial charge in [0.15, 0.2) is 5.78 Å². The van der Waals surface area contributed by atoms with Crippen LogP contribution in [-0.4, -0.2) is 35.0 Å². The van der Waals surface area contributed by atoms with Gasteiger partial charge in [-0.3, -0.25) is 4.79 Å². The van der Waals surface area contributed by atoms with Crippen LogP contribution < -0.4 is 0 Å². The van der Waals surface area contributed by atoms with E-state index in [4.69, 9.17) is 1.37 Å². The van der Waals surface area contributed by atoms with Crippen LogP contribution in [-0.2, 0) is 4.79 Å². The van der Waals surface area contributed by atoms with Crippen LogP contribution in [0.5, 0.6) is 0 Å². The number of Topliss-reactive ketones (excluding diaryl/α,β-unsaturated/α-hetero) is 1. The Morgan fingerprint density at radius 1 is 1.05 bits per heavy atom. The van der Waals surface area contributed by atoms with Gasteiger partial charge in [-0.1, -0.05) is 39.7 Å². The van der Waals surface area contributed by atoms with E-state index in [0.717, 1.165) is 43.3 Å². The van der Waals surface area contributed by atoms with Crippen LogP contribution in [0.25, 0.3) is 0 Å². The van der Waals surface area contributed by atoms with Crippen molar-refractivity contribution in [2.45, 2.75) is 116 Å². The quantitative estimate of drug-likeness (QED) is 0.356. The summed E-state index contributed by atoms with van der Waals surface area (Å²) in [7, 11) is 0. The lowest BCUT2D eigenvalue weighted by Gasteiger charge is -2.58. The molecule has 0 amide bonds. The molecule has 0 aromatic carbocycles. The summed E-state index contributed by atoms with van der Waals surface area (Å²) in [6, 6.07) is 0. The number of carbonyl (C=O) groups excluding carboxylic acids is 1. The highest BCUT2D eigenvalue weighted by Gasteiger charge is 2.71. The van der Waals surface area contributed by atoms with Crippen molar-refractivity contribution in [3.8, 4) is 0 Å². The van der Waals surface area contributed by atoms with Crippen LogP contribution in [0.1, 0.15) is 93.2 Å². The fraction of sp³-hybridized carbons (Fsp3) is 0.893. The Morgan fingerprint density at radius 2 is 1.68 bits per heavy atom. The number of aliphatic hydroxyl groups excluding tert-OH is 1. The lowest BCUT2D eigenvalue weighted by atomic mass is 9.47. The summed E-state index contributed by atoms with van der Waals surface area (Å²) in [5, 5.41) is 10.3. The fourth-order valence-electron chi connectivity index (χ4n) is 8.59. The van der Waals surface area contributed by atoms with E-state index >= 15 is 0 Å². The van der Waals surface area contributed by atoms with E-state index in [1.807, 2.05) is 6.92 Å². The summed E-state index contributed by atoms with van der Waals surface area (Å²) >= 11 is 0. The third kappa shape index (κ3) is 4.47. The molecule has 0 saturated heterocycles. The summed E-state index contributed by atoms with van der Waals surface area (Å²) < 4.78 is 101. The first-order chi connectivity index (χ1) is 17.3. The van der Waals surface area contributed by atoms with Crippen molar-refractivity contribution in [3.05, 3.63) is 11.1 Å². The molecule has 0 unspecified atom stereocenters. The zero-order valence-corrected chi connectivity index (χ0v) is 21.9. The molecule has 2 nitrogen and oxygen atoms in total. The predicted molar refractivity (Wildman–Crippen MR) is 125 cm³/mol. The molecule has 212 valence electrons. The van der Waals surface area contributed by atoms with Crippen LogP contribution in [0.2, 0.25) is 0 Å². The molecule has 0 aromatic rings. The van der Waals surface area contributed by atoms with Gasteiger partial charge in [-0.15, -0.1) is 0 Å². The van der Waals surface area contributed by atoms with Crippen molar-refractivity contribution >= 4 is 5.78 Å². The number of ketones is 1. The summed E-state index contributed by atoms with van der Waals surface area (Å²) in [5.41, 5.74) is -4.09. The Bertz CT molecular complexity index is 961. The standard InChI is InChI=1S/C28H39F7O2/c1-15(6-5-9-26(29,27(30,31)32)28(33,34)35)20-14-21(37)23-22-16(2)12-17-13-18(36)7-10-24(17,3)19(22)8-11-25(20,23)4/h15-20,36H,5-14H2,1-4H3/t15-,16-,17+,18+,19+,20-,24+,25-/m1/s1/i5T/t5-,15+,16+,17-,18-,19-,20+,24-,25+/m0. The Hall–Kier alpha value is -1.12. The van der Waals surface area contributed by atoms with Crippen LogP contribution in [0.3, 0.4) is 0 Å². The smallest absolute Gasteiger partial charge is 0.393 e. The van der Waals surface area contributed by atoms with E-state index in [1.165, 1.54) is 0 Å². The number of hydrogen-bond donors (Lipinski definition) is 1. The van der Waals surface area contributed by atoms with Crippen molar-refractivity contribution in [1.82, 2.24) is 0 Å². The molecule has 0 radical (unpaired) electrons. The molecule has 4 aliphatic carbocycles. The molecule has 4 rings (SSSR count). The van der Waals surface area contributed by atoms with Gasteiger partial charge >= 0.3 is 12.4 Å². The average Bonchev–Trinajstić information content (AvgIpc) is 3.04. The lowest BCUT2D eigenvalue weighted by molar-refractivity contribution is -0.343. The highest BCUT2D eigenvalue weighted by molar-refractivity contribution is 6.00. The second kappa shape index (κ2) is 9.22. The van der Waals surface area contributed by atoms with Crippen LogP contribution >= 0.6 is 0 Å². The van der Waals surface area contributed by atoms with Gasteiger partial charge in [-0.25, -0.2) is 4.39 Å². The number of aliphatic hydroxyl groups is 1. The van der Waals surface area contributed by atoms with Crippen molar-refractivity contribution in [2.24, 2.45) is 40.4 Å². The maximum absolute atomic E-state index is 14.3. The van der Waals surface area contributed by atoms with E-state index in [-0.39, 0.29) is 47.9 Å². The molecular formula is C28H39F7O2. The highest BCUT2D eigenvalue weighted by atomic mass is 19.4. The number of hydrogen-bond acceptors (Lipinski definition) is 2. The zero-order chi connectivity index (χ0) is 28.6. The number of halogens is 7. The van der Waals surface area contributed by atoms with Crippen LogP contribution in [0.15, 0.2) is 11.1 Å². The molecule has 3 saturated carbocycles. The largest absolute Gasteiger partial charge is 0.431 e. The summed E-state index contributed by atoms with van der Waals surface area (Å²) in [6.07, 6.45) is -12.1. The molecule has 9 atom stereocenters. The van der Waals surface area contributed by atoms with Gasteiger partial charge in [-0.2, -0.15) is 26.3 Å². The van der Waals surface area contributed by atoms with Gasteiger partial charge in [-0.05, 0) is 91.8 Å². The van der Waals surface area contributed by atoms with Gasteiger partial charge in [0.2, 0.25) is 0 Å². The summed E-state index contributed by atoms with van der Waals surface area (Å²) in [4.78, 5) is 13.5. The molecule has 0 heterocycles. The van der Waals surface area contributed by atoms with Crippen molar-refractivity contribution in [3.63, 3.8) is 0 Å². The average molecular weight is 543 g/mol. The number of fused-ring (bicyclic) bond motifs is 4. The van der Waals surface area contributed by atoms with Gasteiger partial charge in [0, 0.05) is 13.4 Å². The Balaban J connectivity index is 1.59. The number of alkyl halides is 7. The first-order valence-electron chi connectivity index (χ1n) is 14.0. The SMILES string of the molecule is [3H][C@@H](C[C@@H](C)[C@H]1CC(=O)C2=C3[C@H](C)C[C@H]4C[C@@H](O)CC[C@]4(C)[C@H]3CC[C@@]21C)CC(F)(C(F)(F)F)C(F)(F)F. The van der Waals surface area contributed by atoms with E-state index in [1.54, 1.807) is 6.92 Å². The predicted octanol–water partition coefficient (Wildman–Crippen LogP) is 8.13. The molecule has 4 aliphatic rings. The van der Waals surface area contributed by atoms with Crippen molar-refractivity contribution < 1.29 is 42.0 Å². The zero-order valence-electron chi connectivity index (χ0n) is 22.9. The second-order valence-corrected chi connectivity index (χ2v) is 12.8. The lowest BCUT2D eigenvalue weighted by Crippen LogP contribution is -2.53. The number of rotatable bonds is 5. The van der Waals surface area contributed by atoms with Gasteiger partial charge in [0.05, 0.1) is 6.10 Å². The third-order valence-electron chi connectivity index (χ3n) is 10.7. The first-order valence-corrected chi connectivity index (χ1v) is 13.5. The third-order valence-corrected chi connectivity index (χ3v) is 10.7. The highest BCUT2D eigenvalue weighted by Crippen LogP contribution is 2.66. The molecular weight excluding hydrogens is 501 g/mol.